The van der Waals surface area contributed by atoms with Crippen molar-refractivity contribution in [1.82, 2.24) is 9.88 Å². The van der Waals surface area contributed by atoms with Crippen LogP contribution in [0.15, 0.2) is 17.1 Å². The Morgan fingerprint density at radius 3 is 2.78 bits per heavy atom. The number of morpholine rings is 1. The molecular formula is C16H15F2N3O2. The SMILES string of the molecule is N#Cc1c[nH]c2c(CCN3CCOCC3)c(F)c(F)cc2c1=O. The van der Waals surface area contributed by atoms with E-state index in [0.29, 0.717) is 19.8 Å². The van der Waals surface area contributed by atoms with Crippen molar-refractivity contribution >= 4 is 10.9 Å². The topological polar surface area (TPSA) is 69.1 Å². The molecule has 0 spiro atoms. The highest BCUT2D eigenvalue weighted by molar-refractivity contribution is 5.83. The molecule has 0 saturated carbocycles. The minimum atomic E-state index is -1.07. The van der Waals surface area contributed by atoms with Gasteiger partial charge in [-0.05, 0) is 12.5 Å². The fraction of sp³-hybridized carbons (Fsp3) is 0.375. The normalized spacial score (nSPS) is 15.7. The molecule has 1 aromatic carbocycles. The Labute approximate surface area is 131 Å². The quantitative estimate of drug-likeness (QED) is 0.932. The van der Waals surface area contributed by atoms with Gasteiger partial charge < -0.3 is 9.72 Å². The summed E-state index contributed by atoms with van der Waals surface area (Å²) in [5, 5.41) is 8.89. The molecule has 7 heteroatoms. The molecule has 23 heavy (non-hydrogen) atoms. The maximum atomic E-state index is 14.2. The number of benzene rings is 1. The van der Waals surface area contributed by atoms with Crippen molar-refractivity contribution in [3.8, 4) is 6.07 Å². The Kier molecular flexibility index (Phi) is 4.37. The largest absolute Gasteiger partial charge is 0.379 e. The molecule has 120 valence electrons. The molecule has 1 fully saturated rings. The summed E-state index contributed by atoms with van der Waals surface area (Å²) in [5.41, 5.74) is -0.329. The number of halogens is 2. The summed E-state index contributed by atoms with van der Waals surface area (Å²) >= 11 is 0. The van der Waals surface area contributed by atoms with Gasteiger partial charge in [0.1, 0.15) is 11.6 Å². The Morgan fingerprint density at radius 2 is 2.09 bits per heavy atom. The number of hydrogen-bond donors (Lipinski definition) is 1. The summed E-state index contributed by atoms with van der Waals surface area (Å²) in [7, 11) is 0. The number of aromatic amines is 1. The van der Waals surface area contributed by atoms with Crippen LogP contribution in [0.2, 0.25) is 0 Å². The Hall–Kier alpha value is -2.30. The zero-order chi connectivity index (χ0) is 16.4. The van der Waals surface area contributed by atoms with Crippen molar-refractivity contribution in [3.63, 3.8) is 0 Å². The molecule has 1 saturated heterocycles. The Morgan fingerprint density at radius 1 is 1.35 bits per heavy atom. The van der Waals surface area contributed by atoms with E-state index in [0.717, 1.165) is 19.2 Å². The molecule has 0 atom stereocenters. The van der Waals surface area contributed by atoms with Gasteiger partial charge in [-0.25, -0.2) is 8.78 Å². The second kappa shape index (κ2) is 6.44. The van der Waals surface area contributed by atoms with Gasteiger partial charge in [0.05, 0.1) is 24.1 Å². The maximum absolute atomic E-state index is 14.2. The van der Waals surface area contributed by atoms with Crippen LogP contribution >= 0.6 is 0 Å². The third-order valence-electron chi connectivity index (χ3n) is 4.07. The van der Waals surface area contributed by atoms with Gasteiger partial charge in [-0.3, -0.25) is 9.69 Å². The first-order valence-electron chi connectivity index (χ1n) is 7.34. The standard InChI is InChI=1S/C16H15F2N3O2/c17-13-7-12-15(20-9-10(8-19)16(12)22)11(14(13)18)1-2-21-3-5-23-6-4-21/h7,9H,1-6H2,(H,20,22). The van der Waals surface area contributed by atoms with Gasteiger partial charge in [-0.1, -0.05) is 0 Å². The summed E-state index contributed by atoms with van der Waals surface area (Å²) < 4.78 is 33.3. The summed E-state index contributed by atoms with van der Waals surface area (Å²) in [6.07, 6.45) is 1.50. The average molecular weight is 319 g/mol. The number of nitriles is 1. The third kappa shape index (κ3) is 2.96. The van der Waals surface area contributed by atoms with E-state index >= 15 is 0 Å². The van der Waals surface area contributed by atoms with Gasteiger partial charge in [0, 0.05) is 31.4 Å². The third-order valence-corrected chi connectivity index (χ3v) is 4.07. The Balaban J connectivity index is 2.01. The van der Waals surface area contributed by atoms with Crippen LogP contribution in [0, 0.1) is 23.0 Å². The van der Waals surface area contributed by atoms with Gasteiger partial charge >= 0.3 is 0 Å². The second-order valence-electron chi connectivity index (χ2n) is 5.42. The number of nitrogens with one attached hydrogen (secondary N) is 1. The number of hydrogen-bond acceptors (Lipinski definition) is 4. The predicted molar refractivity (Wildman–Crippen MR) is 80.2 cm³/mol. The van der Waals surface area contributed by atoms with E-state index in [-0.39, 0.29) is 28.5 Å². The molecule has 0 aliphatic carbocycles. The number of rotatable bonds is 3. The van der Waals surface area contributed by atoms with E-state index in [9.17, 15) is 13.6 Å². The highest BCUT2D eigenvalue weighted by atomic mass is 19.2. The van der Waals surface area contributed by atoms with Crippen LogP contribution in [0.1, 0.15) is 11.1 Å². The van der Waals surface area contributed by atoms with E-state index in [1.54, 1.807) is 6.07 Å². The van der Waals surface area contributed by atoms with E-state index in [1.165, 1.54) is 6.20 Å². The second-order valence-corrected chi connectivity index (χ2v) is 5.42. The average Bonchev–Trinajstić information content (AvgIpc) is 2.57. The number of fused-ring (bicyclic) bond motifs is 1. The van der Waals surface area contributed by atoms with Crippen molar-refractivity contribution in [2.75, 3.05) is 32.8 Å². The first-order valence-corrected chi connectivity index (χ1v) is 7.34. The predicted octanol–water partition coefficient (Wildman–Crippen LogP) is 1.55. The number of pyridine rings is 1. The molecule has 0 bridgehead atoms. The lowest BCUT2D eigenvalue weighted by Gasteiger charge is -2.26. The van der Waals surface area contributed by atoms with Crippen molar-refractivity contribution in [2.45, 2.75) is 6.42 Å². The van der Waals surface area contributed by atoms with E-state index in [1.807, 2.05) is 0 Å². The van der Waals surface area contributed by atoms with Gasteiger partial charge in [-0.2, -0.15) is 5.26 Å². The monoisotopic (exact) mass is 319 g/mol. The van der Waals surface area contributed by atoms with Crippen LogP contribution in [0.25, 0.3) is 10.9 Å². The van der Waals surface area contributed by atoms with Crippen molar-refractivity contribution in [3.05, 3.63) is 45.2 Å². The summed E-state index contributed by atoms with van der Waals surface area (Å²) in [6, 6.07) is 2.59. The van der Waals surface area contributed by atoms with Gasteiger partial charge in [-0.15, -0.1) is 0 Å². The molecule has 0 unspecified atom stereocenters. The van der Waals surface area contributed by atoms with Crippen LogP contribution in [-0.4, -0.2) is 42.7 Å². The smallest absolute Gasteiger partial charge is 0.207 e. The van der Waals surface area contributed by atoms with E-state index in [2.05, 4.69) is 9.88 Å². The Bertz CT molecular complexity index is 836. The van der Waals surface area contributed by atoms with Gasteiger partial charge in [0.2, 0.25) is 5.43 Å². The first-order chi connectivity index (χ1) is 11.1. The molecule has 0 amide bonds. The van der Waals surface area contributed by atoms with Crippen LogP contribution < -0.4 is 5.43 Å². The van der Waals surface area contributed by atoms with Crippen LogP contribution in [0.4, 0.5) is 8.78 Å². The first kappa shape index (κ1) is 15.6. The van der Waals surface area contributed by atoms with Crippen molar-refractivity contribution in [1.29, 1.82) is 5.26 Å². The zero-order valence-electron chi connectivity index (χ0n) is 12.4. The lowest BCUT2D eigenvalue weighted by Crippen LogP contribution is -2.37. The minimum absolute atomic E-state index is 0.0000671. The maximum Gasteiger partial charge on any atom is 0.207 e. The fourth-order valence-corrected chi connectivity index (χ4v) is 2.79. The van der Waals surface area contributed by atoms with E-state index < -0.39 is 17.1 Å². The molecule has 2 aromatic rings. The molecule has 0 radical (unpaired) electrons. The molecule has 1 aromatic heterocycles. The fourth-order valence-electron chi connectivity index (χ4n) is 2.79. The van der Waals surface area contributed by atoms with Gasteiger partial charge in [0.25, 0.3) is 0 Å². The summed E-state index contributed by atoms with van der Waals surface area (Å²) in [5.74, 6) is -2.03. The number of ether oxygens (including phenoxy) is 1. The van der Waals surface area contributed by atoms with Crippen molar-refractivity contribution < 1.29 is 13.5 Å². The zero-order valence-corrected chi connectivity index (χ0v) is 12.4. The van der Waals surface area contributed by atoms with Crippen molar-refractivity contribution in [2.24, 2.45) is 0 Å². The highest BCUT2D eigenvalue weighted by Gasteiger charge is 2.18. The number of nitrogens with zero attached hydrogens (tertiary/aromatic N) is 2. The molecule has 1 N–H and O–H groups in total. The number of H-pyrrole nitrogens is 1. The molecule has 3 rings (SSSR count). The van der Waals surface area contributed by atoms with E-state index in [4.69, 9.17) is 10.00 Å². The molecule has 2 heterocycles. The molecule has 1 aliphatic heterocycles. The molecule has 1 aliphatic rings. The number of aromatic nitrogens is 1. The van der Waals surface area contributed by atoms with Crippen LogP contribution in [-0.2, 0) is 11.2 Å². The summed E-state index contributed by atoms with van der Waals surface area (Å²) in [4.78, 5) is 17.0. The molecular weight excluding hydrogens is 304 g/mol. The lowest BCUT2D eigenvalue weighted by atomic mass is 10.0. The van der Waals surface area contributed by atoms with Crippen LogP contribution in [0.3, 0.4) is 0 Å². The lowest BCUT2D eigenvalue weighted by molar-refractivity contribution is 0.0384. The highest BCUT2D eigenvalue weighted by Crippen LogP contribution is 2.22. The summed E-state index contributed by atoms with van der Waals surface area (Å²) in [6.45, 7) is 3.26. The van der Waals surface area contributed by atoms with Gasteiger partial charge in [0.15, 0.2) is 11.6 Å². The minimum Gasteiger partial charge on any atom is -0.379 e. The molecule has 5 nitrogen and oxygen atoms in total. The van der Waals surface area contributed by atoms with Crippen LogP contribution in [0.5, 0.6) is 0 Å².